The number of hydrogen-bond acceptors (Lipinski definition) is 3. The zero-order valence-corrected chi connectivity index (χ0v) is 9.70. The first kappa shape index (κ1) is 10.9. The molecule has 1 amide bonds. The van der Waals surface area contributed by atoms with Crippen LogP contribution in [0.5, 0.6) is 0 Å². The summed E-state index contributed by atoms with van der Waals surface area (Å²) in [5, 5.41) is 7.63. The molecule has 2 saturated heterocycles. The van der Waals surface area contributed by atoms with Gasteiger partial charge in [-0.1, -0.05) is 0 Å². The molecule has 2 fully saturated rings. The first-order chi connectivity index (χ1) is 7.20. The summed E-state index contributed by atoms with van der Waals surface area (Å²) in [7, 11) is 0. The van der Waals surface area contributed by atoms with Gasteiger partial charge in [0.1, 0.15) is 0 Å². The first-order valence-corrected chi connectivity index (χ1v) is 5.99. The predicted octanol–water partition coefficient (Wildman–Crippen LogP) is 0.596. The fraction of sp³-hybridized carbons (Fsp3) is 0.909. The topological polar surface area (TPSA) is 35.6 Å². The van der Waals surface area contributed by atoms with Gasteiger partial charge in [0.25, 0.3) is 0 Å². The summed E-state index contributed by atoms with van der Waals surface area (Å²) < 4.78 is 0. The molecule has 1 N–H and O–H groups in total. The Morgan fingerprint density at radius 1 is 1.47 bits per heavy atom. The molecule has 0 bridgehead atoms. The number of nitrogens with one attached hydrogen (secondary N) is 1. The van der Waals surface area contributed by atoms with E-state index in [1.54, 1.807) is 0 Å². The fourth-order valence-corrected chi connectivity index (χ4v) is 2.59. The maximum absolute atomic E-state index is 11.9. The van der Waals surface area contributed by atoms with Crippen LogP contribution in [0, 0.1) is 0 Å². The molecular weight excluding hydrogens is 190 g/mol. The van der Waals surface area contributed by atoms with E-state index in [1.807, 2.05) is 5.01 Å². The van der Waals surface area contributed by atoms with Crippen molar-refractivity contribution in [2.45, 2.75) is 45.2 Å². The maximum Gasteiger partial charge on any atom is 0.237 e. The Bertz CT molecular complexity index is 236. The molecule has 2 heterocycles. The molecule has 86 valence electrons. The van der Waals surface area contributed by atoms with Crippen molar-refractivity contribution in [3.8, 4) is 0 Å². The van der Waals surface area contributed by atoms with E-state index < -0.39 is 0 Å². The van der Waals surface area contributed by atoms with E-state index in [1.165, 1.54) is 0 Å². The Kier molecular flexibility index (Phi) is 3.26. The number of carbonyl (C=O) groups is 1. The maximum atomic E-state index is 11.9. The highest BCUT2D eigenvalue weighted by Crippen LogP contribution is 2.21. The molecule has 2 aliphatic rings. The van der Waals surface area contributed by atoms with Crippen molar-refractivity contribution < 1.29 is 4.79 Å². The third-order valence-corrected chi connectivity index (χ3v) is 3.26. The Balaban J connectivity index is 2.08. The highest BCUT2D eigenvalue weighted by molar-refractivity contribution is 5.76. The molecule has 0 radical (unpaired) electrons. The van der Waals surface area contributed by atoms with Gasteiger partial charge >= 0.3 is 0 Å². The Hall–Kier alpha value is -0.610. The lowest BCUT2D eigenvalue weighted by Gasteiger charge is -2.44. The van der Waals surface area contributed by atoms with E-state index in [0.717, 1.165) is 38.9 Å². The third-order valence-electron chi connectivity index (χ3n) is 3.26. The van der Waals surface area contributed by atoms with Crippen LogP contribution in [0.25, 0.3) is 0 Å². The van der Waals surface area contributed by atoms with Crippen LogP contribution in [0.2, 0.25) is 0 Å². The van der Waals surface area contributed by atoms with E-state index in [0.29, 0.717) is 18.0 Å². The van der Waals surface area contributed by atoms with Gasteiger partial charge in [-0.25, -0.2) is 5.01 Å². The molecule has 1 atom stereocenters. The van der Waals surface area contributed by atoms with E-state index >= 15 is 0 Å². The van der Waals surface area contributed by atoms with Crippen molar-refractivity contribution in [1.82, 2.24) is 15.3 Å². The van der Waals surface area contributed by atoms with E-state index in [4.69, 9.17) is 0 Å². The van der Waals surface area contributed by atoms with Gasteiger partial charge in [-0.05, 0) is 33.2 Å². The van der Waals surface area contributed by atoms with Crippen molar-refractivity contribution in [1.29, 1.82) is 0 Å². The second-order valence-corrected chi connectivity index (χ2v) is 4.75. The van der Waals surface area contributed by atoms with Crippen LogP contribution in [0.3, 0.4) is 0 Å². The van der Waals surface area contributed by atoms with Gasteiger partial charge in [0.15, 0.2) is 0 Å². The molecule has 0 saturated carbocycles. The van der Waals surface area contributed by atoms with Gasteiger partial charge in [-0.3, -0.25) is 9.80 Å². The van der Waals surface area contributed by atoms with Gasteiger partial charge in [-0.15, -0.1) is 0 Å². The molecule has 15 heavy (non-hydrogen) atoms. The molecule has 0 spiro atoms. The highest BCUT2D eigenvalue weighted by atomic mass is 16.2. The average Bonchev–Trinajstić information content (AvgIpc) is 2.69. The summed E-state index contributed by atoms with van der Waals surface area (Å²) in [4.78, 5) is 11.9. The molecule has 1 unspecified atom stereocenters. The lowest BCUT2D eigenvalue weighted by atomic mass is 10.1. The van der Waals surface area contributed by atoms with Gasteiger partial charge in [0.2, 0.25) is 5.91 Å². The first-order valence-electron chi connectivity index (χ1n) is 5.99. The predicted molar refractivity (Wildman–Crippen MR) is 59.2 cm³/mol. The Morgan fingerprint density at radius 2 is 2.27 bits per heavy atom. The van der Waals surface area contributed by atoms with Crippen LogP contribution in [-0.4, -0.2) is 47.6 Å². The molecule has 0 aromatic rings. The van der Waals surface area contributed by atoms with E-state index in [9.17, 15) is 4.79 Å². The number of hydrogen-bond donors (Lipinski definition) is 1. The second kappa shape index (κ2) is 4.49. The van der Waals surface area contributed by atoms with Crippen molar-refractivity contribution in [2.24, 2.45) is 0 Å². The summed E-state index contributed by atoms with van der Waals surface area (Å²) in [5.41, 5.74) is 0. The molecule has 4 heteroatoms. The Morgan fingerprint density at radius 3 is 2.87 bits per heavy atom. The van der Waals surface area contributed by atoms with E-state index in [2.05, 4.69) is 24.2 Å². The van der Waals surface area contributed by atoms with Gasteiger partial charge in [0, 0.05) is 31.6 Å². The summed E-state index contributed by atoms with van der Waals surface area (Å²) in [6.45, 7) is 7.34. The molecule has 0 aliphatic carbocycles. The minimum Gasteiger partial charge on any atom is -0.315 e. The highest BCUT2D eigenvalue weighted by Gasteiger charge is 2.34. The van der Waals surface area contributed by atoms with Crippen LogP contribution >= 0.6 is 0 Å². The fourth-order valence-electron chi connectivity index (χ4n) is 2.59. The summed E-state index contributed by atoms with van der Waals surface area (Å²) in [5.74, 6) is 0.295. The van der Waals surface area contributed by atoms with Gasteiger partial charge in [-0.2, -0.15) is 0 Å². The average molecular weight is 211 g/mol. The normalized spacial score (nSPS) is 29.1. The van der Waals surface area contributed by atoms with Crippen LogP contribution in [-0.2, 0) is 4.79 Å². The SMILES string of the molecule is CC(C)N1C(=O)CCCN1C1CCNC1. The lowest BCUT2D eigenvalue weighted by Crippen LogP contribution is -2.58. The third kappa shape index (κ3) is 2.16. The standard InChI is InChI=1S/C11H21N3O/c1-9(2)14-11(15)4-3-7-13(14)10-5-6-12-8-10/h9-10,12H,3-8H2,1-2H3. The van der Waals surface area contributed by atoms with Crippen LogP contribution in [0.15, 0.2) is 0 Å². The molecular formula is C11H21N3O. The minimum atomic E-state index is 0.290. The minimum absolute atomic E-state index is 0.290. The van der Waals surface area contributed by atoms with Gasteiger partial charge in [0.05, 0.1) is 0 Å². The molecule has 2 aliphatic heterocycles. The Labute approximate surface area is 91.6 Å². The second-order valence-electron chi connectivity index (χ2n) is 4.75. The van der Waals surface area contributed by atoms with Crippen molar-refractivity contribution in [3.05, 3.63) is 0 Å². The van der Waals surface area contributed by atoms with Crippen LogP contribution < -0.4 is 5.32 Å². The molecule has 2 rings (SSSR count). The summed E-state index contributed by atoms with van der Waals surface area (Å²) >= 11 is 0. The van der Waals surface area contributed by atoms with Crippen molar-refractivity contribution in [2.75, 3.05) is 19.6 Å². The largest absolute Gasteiger partial charge is 0.315 e. The molecule has 4 nitrogen and oxygen atoms in total. The number of carbonyl (C=O) groups excluding carboxylic acids is 1. The summed E-state index contributed by atoms with van der Waals surface area (Å²) in [6.07, 6.45) is 2.89. The quantitative estimate of drug-likeness (QED) is 0.726. The number of nitrogens with zero attached hydrogens (tertiary/aromatic N) is 2. The van der Waals surface area contributed by atoms with Crippen LogP contribution in [0.1, 0.15) is 33.1 Å². The van der Waals surface area contributed by atoms with Crippen molar-refractivity contribution in [3.63, 3.8) is 0 Å². The van der Waals surface area contributed by atoms with Gasteiger partial charge < -0.3 is 5.32 Å². The smallest absolute Gasteiger partial charge is 0.237 e. The number of hydrazine groups is 1. The van der Waals surface area contributed by atoms with E-state index in [-0.39, 0.29) is 0 Å². The number of amides is 1. The van der Waals surface area contributed by atoms with Crippen molar-refractivity contribution >= 4 is 5.91 Å². The monoisotopic (exact) mass is 211 g/mol. The summed E-state index contributed by atoms with van der Waals surface area (Å²) in [6, 6.07) is 0.815. The number of rotatable bonds is 2. The lowest BCUT2D eigenvalue weighted by molar-refractivity contribution is -0.166. The van der Waals surface area contributed by atoms with Crippen LogP contribution in [0.4, 0.5) is 0 Å². The zero-order valence-electron chi connectivity index (χ0n) is 9.70. The zero-order chi connectivity index (χ0) is 10.8. The molecule has 0 aromatic heterocycles. The molecule has 0 aromatic carbocycles.